The Morgan fingerprint density at radius 2 is 1.94 bits per heavy atom. The van der Waals surface area contributed by atoms with Gasteiger partial charge in [0, 0.05) is 0 Å². The molecule has 2 atom stereocenters. The molecule has 0 aliphatic heterocycles. The first-order chi connectivity index (χ1) is 8.09. The zero-order valence-electron chi connectivity index (χ0n) is 10.6. The first-order valence-electron chi connectivity index (χ1n) is 6.39. The number of hydrogen-bond acceptors (Lipinski definition) is 1. The van der Waals surface area contributed by atoms with E-state index >= 15 is 0 Å². The van der Waals surface area contributed by atoms with Crippen molar-refractivity contribution in [2.45, 2.75) is 45.4 Å². The van der Waals surface area contributed by atoms with E-state index in [1.165, 1.54) is 16.7 Å². The van der Waals surface area contributed by atoms with Gasteiger partial charge in [0.15, 0.2) is 0 Å². The SMILES string of the molecule is Cc1ccc(C2CCCCC2C(=O)O)c(C)c1. The Kier molecular flexibility index (Phi) is 3.51. The van der Waals surface area contributed by atoms with Crippen LogP contribution >= 0.6 is 0 Å². The van der Waals surface area contributed by atoms with Gasteiger partial charge in [-0.2, -0.15) is 0 Å². The largest absolute Gasteiger partial charge is 0.481 e. The Morgan fingerprint density at radius 3 is 2.59 bits per heavy atom. The third-order valence-corrected chi connectivity index (χ3v) is 3.91. The number of carboxylic acid groups (broad SMARTS) is 1. The highest BCUT2D eigenvalue weighted by atomic mass is 16.4. The standard InChI is InChI=1S/C15H20O2/c1-10-7-8-12(11(2)9-10)13-5-3-4-6-14(13)15(16)17/h7-9,13-14H,3-6H2,1-2H3,(H,16,17). The van der Waals surface area contributed by atoms with Gasteiger partial charge in [0.2, 0.25) is 0 Å². The fourth-order valence-electron chi connectivity index (χ4n) is 3.04. The van der Waals surface area contributed by atoms with Crippen molar-refractivity contribution in [3.63, 3.8) is 0 Å². The van der Waals surface area contributed by atoms with E-state index in [-0.39, 0.29) is 11.8 Å². The maximum Gasteiger partial charge on any atom is 0.307 e. The minimum Gasteiger partial charge on any atom is -0.481 e. The molecule has 0 aromatic heterocycles. The molecule has 92 valence electrons. The van der Waals surface area contributed by atoms with Gasteiger partial charge in [0.25, 0.3) is 0 Å². The van der Waals surface area contributed by atoms with Crippen LogP contribution in [-0.2, 0) is 4.79 Å². The highest BCUT2D eigenvalue weighted by Crippen LogP contribution is 2.39. The summed E-state index contributed by atoms with van der Waals surface area (Å²) in [6.45, 7) is 4.17. The summed E-state index contributed by atoms with van der Waals surface area (Å²) >= 11 is 0. The minimum atomic E-state index is -0.630. The molecule has 0 spiro atoms. The molecule has 0 amide bonds. The van der Waals surface area contributed by atoms with Gasteiger partial charge >= 0.3 is 5.97 Å². The number of rotatable bonds is 2. The molecule has 1 aromatic carbocycles. The Morgan fingerprint density at radius 1 is 1.24 bits per heavy atom. The average Bonchev–Trinajstić information content (AvgIpc) is 2.29. The van der Waals surface area contributed by atoms with Gasteiger partial charge in [-0.25, -0.2) is 0 Å². The third kappa shape index (κ3) is 2.51. The van der Waals surface area contributed by atoms with Gasteiger partial charge in [0.1, 0.15) is 0 Å². The molecule has 2 rings (SSSR count). The van der Waals surface area contributed by atoms with Crippen molar-refractivity contribution in [1.82, 2.24) is 0 Å². The highest BCUT2D eigenvalue weighted by Gasteiger charge is 2.32. The van der Waals surface area contributed by atoms with Crippen LogP contribution in [0.1, 0.15) is 48.3 Å². The van der Waals surface area contributed by atoms with E-state index in [9.17, 15) is 9.90 Å². The smallest absolute Gasteiger partial charge is 0.307 e. The molecule has 0 radical (unpaired) electrons. The Hall–Kier alpha value is -1.31. The summed E-state index contributed by atoms with van der Waals surface area (Å²) in [7, 11) is 0. The van der Waals surface area contributed by atoms with Crippen LogP contribution < -0.4 is 0 Å². The van der Waals surface area contributed by atoms with E-state index in [1.807, 2.05) is 0 Å². The van der Waals surface area contributed by atoms with Crippen LogP contribution in [0.25, 0.3) is 0 Å². The molecule has 2 heteroatoms. The molecule has 2 nitrogen and oxygen atoms in total. The Labute approximate surface area is 103 Å². The zero-order chi connectivity index (χ0) is 12.4. The second-order valence-electron chi connectivity index (χ2n) is 5.20. The summed E-state index contributed by atoms with van der Waals surface area (Å²) in [4.78, 5) is 11.3. The first-order valence-corrected chi connectivity index (χ1v) is 6.39. The van der Waals surface area contributed by atoms with Gasteiger partial charge in [0.05, 0.1) is 5.92 Å². The van der Waals surface area contributed by atoms with Crippen molar-refractivity contribution in [1.29, 1.82) is 0 Å². The van der Waals surface area contributed by atoms with Crippen LogP contribution in [0.2, 0.25) is 0 Å². The van der Waals surface area contributed by atoms with Gasteiger partial charge in [-0.1, -0.05) is 36.6 Å². The minimum absolute atomic E-state index is 0.190. The van der Waals surface area contributed by atoms with Gasteiger partial charge in [-0.3, -0.25) is 4.79 Å². The van der Waals surface area contributed by atoms with E-state index in [0.717, 1.165) is 25.7 Å². The number of carboxylic acids is 1. The third-order valence-electron chi connectivity index (χ3n) is 3.91. The first kappa shape index (κ1) is 12.2. The van der Waals surface area contributed by atoms with Crippen LogP contribution in [0.15, 0.2) is 18.2 Å². The molecule has 1 aromatic rings. The van der Waals surface area contributed by atoms with Crippen molar-refractivity contribution >= 4 is 5.97 Å². The summed E-state index contributed by atoms with van der Waals surface area (Å²) in [5, 5.41) is 9.32. The van der Waals surface area contributed by atoms with E-state index < -0.39 is 5.97 Å². The monoisotopic (exact) mass is 232 g/mol. The number of aliphatic carboxylic acids is 1. The lowest BCUT2D eigenvalue weighted by molar-refractivity contribution is -0.143. The lowest BCUT2D eigenvalue weighted by Gasteiger charge is -2.30. The normalized spacial score (nSPS) is 24.6. The maximum atomic E-state index is 11.3. The summed E-state index contributed by atoms with van der Waals surface area (Å²) < 4.78 is 0. The van der Waals surface area contributed by atoms with Crippen molar-refractivity contribution < 1.29 is 9.90 Å². The molecular formula is C15H20O2. The van der Waals surface area contributed by atoms with Crippen LogP contribution in [0.3, 0.4) is 0 Å². The number of carbonyl (C=O) groups is 1. The summed E-state index contributed by atoms with van der Waals surface area (Å²) in [6.07, 6.45) is 4.05. The van der Waals surface area contributed by atoms with E-state index in [1.54, 1.807) is 0 Å². The number of hydrogen-bond donors (Lipinski definition) is 1. The van der Waals surface area contributed by atoms with Gasteiger partial charge in [-0.05, 0) is 43.7 Å². The van der Waals surface area contributed by atoms with Crippen molar-refractivity contribution in [3.8, 4) is 0 Å². The lowest BCUT2D eigenvalue weighted by Crippen LogP contribution is -2.25. The fourth-order valence-corrected chi connectivity index (χ4v) is 3.04. The second kappa shape index (κ2) is 4.91. The molecule has 1 saturated carbocycles. The fraction of sp³-hybridized carbons (Fsp3) is 0.533. The predicted octanol–water partition coefficient (Wildman–Crippen LogP) is 3.66. The van der Waals surface area contributed by atoms with Crippen molar-refractivity contribution in [3.05, 3.63) is 34.9 Å². The predicted molar refractivity (Wildman–Crippen MR) is 68.3 cm³/mol. The quantitative estimate of drug-likeness (QED) is 0.844. The molecule has 1 N–H and O–H groups in total. The Balaban J connectivity index is 2.32. The number of benzene rings is 1. The molecule has 17 heavy (non-hydrogen) atoms. The Bertz CT molecular complexity index is 423. The molecule has 1 fully saturated rings. The topological polar surface area (TPSA) is 37.3 Å². The summed E-state index contributed by atoms with van der Waals surface area (Å²) in [6, 6.07) is 6.37. The molecular weight excluding hydrogens is 212 g/mol. The average molecular weight is 232 g/mol. The van der Waals surface area contributed by atoms with Gasteiger partial charge in [-0.15, -0.1) is 0 Å². The van der Waals surface area contributed by atoms with E-state index in [2.05, 4.69) is 32.0 Å². The lowest BCUT2D eigenvalue weighted by atomic mass is 9.74. The molecule has 0 heterocycles. The summed E-state index contributed by atoms with van der Waals surface area (Å²) in [5.41, 5.74) is 3.72. The van der Waals surface area contributed by atoms with Crippen molar-refractivity contribution in [2.75, 3.05) is 0 Å². The molecule has 1 aliphatic rings. The maximum absolute atomic E-state index is 11.3. The molecule has 2 unspecified atom stereocenters. The molecule has 0 bridgehead atoms. The molecule has 1 aliphatic carbocycles. The van der Waals surface area contributed by atoms with Crippen LogP contribution in [0, 0.1) is 19.8 Å². The summed E-state index contributed by atoms with van der Waals surface area (Å²) in [5.74, 6) is -0.610. The number of aryl methyl sites for hydroxylation is 2. The highest BCUT2D eigenvalue weighted by molar-refractivity contribution is 5.71. The van der Waals surface area contributed by atoms with Gasteiger partial charge < -0.3 is 5.11 Å². The zero-order valence-corrected chi connectivity index (χ0v) is 10.6. The van der Waals surface area contributed by atoms with Crippen LogP contribution in [-0.4, -0.2) is 11.1 Å². The molecule has 0 saturated heterocycles. The van der Waals surface area contributed by atoms with Crippen LogP contribution in [0.5, 0.6) is 0 Å². The van der Waals surface area contributed by atoms with E-state index in [0.29, 0.717) is 0 Å². The second-order valence-corrected chi connectivity index (χ2v) is 5.20. The van der Waals surface area contributed by atoms with E-state index in [4.69, 9.17) is 0 Å². The van der Waals surface area contributed by atoms with Crippen LogP contribution in [0.4, 0.5) is 0 Å². The van der Waals surface area contributed by atoms with Crippen molar-refractivity contribution in [2.24, 2.45) is 5.92 Å².